The molecule has 0 aromatic carbocycles. The normalized spacial score (nSPS) is 51.8. The Morgan fingerprint density at radius 1 is 1.00 bits per heavy atom. The first-order valence-electron chi connectivity index (χ1n) is 10.7. The summed E-state index contributed by atoms with van der Waals surface area (Å²) in [4.78, 5) is 11.4. The summed E-state index contributed by atoms with van der Waals surface area (Å²) >= 11 is 0. The third kappa shape index (κ3) is 2.61. The molecule has 4 aliphatic carbocycles. The van der Waals surface area contributed by atoms with Gasteiger partial charge in [0.2, 0.25) is 0 Å². The lowest BCUT2D eigenvalue weighted by molar-refractivity contribution is -0.159. The van der Waals surface area contributed by atoms with Crippen molar-refractivity contribution in [2.24, 2.45) is 40.4 Å². The lowest BCUT2D eigenvalue weighted by Gasteiger charge is -2.61. The van der Waals surface area contributed by atoms with Crippen molar-refractivity contribution in [2.45, 2.75) is 84.7 Å². The van der Waals surface area contributed by atoms with Crippen molar-refractivity contribution >= 4 is 5.97 Å². The average Bonchev–Trinajstić information content (AvgIpc) is 2.91. The van der Waals surface area contributed by atoms with E-state index in [2.05, 4.69) is 26.5 Å². The Kier molecular flexibility index (Phi) is 4.32. The SMILES string of the molecule is C=C[C@H]1CCC2C3CCC4C[C@H](OC(C)=O)CC[C@]4(C)C3CC[C@@]21C. The van der Waals surface area contributed by atoms with Crippen molar-refractivity contribution in [1.82, 2.24) is 0 Å². The number of fused-ring (bicyclic) bond motifs is 5. The zero-order valence-corrected chi connectivity index (χ0v) is 16.4. The summed E-state index contributed by atoms with van der Waals surface area (Å²) in [5.74, 6) is 4.13. The topological polar surface area (TPSA) is 26.3 Å². The van der Waals surface area contributed by atoms with Crippen molar-refractivity contribution in [3.63, 3.8) is 0 Å². The van der Waals surface area contributed by atoms with Gasteiger partial charge in [0, 0.05) is 6.92 Å². The molecule has 4 unspecified atom stereocenters. The number of hydrogen-bond acceptors (Lipinski definition) is 2. The summed E-state index contributed by atoms with van der Waals surface area (Å²) in [6, 6.07) is 0. The lowest BCUT2D eigenvalue weighted by Crippen LogP contribution is -2.54. The molecule has 4 fully saturated rings. The summed E-state index contributed by atoms with van der Waals surface area (Å²) in [6.45, 7) is 10.9. The van der Waals surface area contributed by atoms with E-state index in [1.165, 1.54) is 44.9 Å². The maximum atomic E-state index is 11.4. The van der Waals surface area contributed by atoms with E-state index in [4.69, 9.17) is 4.74 Å². The van der Waals surface area contributed by atoms with E-state index < -0.39 is 0 Å². The molecule has 25 heavy (non-hydrogen) atoms. The first-order chi connectivity index (χ1) is 11.9. The molecule has 0 aromatic rings. The van der Waals surface area contributed by atoms with Crippen molar-refractivity contribution in [3.8, 4) is 0 Å². The summed E-state index contributed by atoms with van der Waals surface area (Å²) in [5, 5.41) is 0. The number of carbonyl (C=O) groups is 1. The molecule has 8 atom stereocenters. The van der Waals surface area contributed by atoms with Crippen LogP contribution in [0.2, 0.25) is 0 Å². The van der Waals surface area contributed by atoms with Crippen LogP contribution in [0.4, 0.5) is 0 Å². The van der Waals surface area contributed by atoms with E-state index >= 15 is 0 Å². The molecule has 2 nitrogen and oxygen atoms in total. The Bertz CT molecular complexity index is 554. The second-order valence-corrected chi connectivity index (χ2v) is 10.1. The molecule has 0 aliphatic heterocycles. The van der Waals surface area contributed by atoms with E-state index in [9.17, 15) is 4.79 Å². The predicted octanol–water partition coefficient (Wildman–Crippen LogP) is 5.76. The number of ether oxygens (including phenoxy) is 1. The van der Waals surface area contributed by atoms with Gasteiger partial charge in [0.25, 0.3) is 0 Å². The molecule has 0 aromatic heterocycles. The molecule has 0 saturated heterocycles. The molecule has 0 bridgehead atoms. The largest absolute Gasteiger partial charge is 0.463 e. The Morgan fingerprint density at radius 3 is 2.44 bits per heavy atom. The van der Waals surface area contributed by atoms with E-state index in [-0.39, 0.29) is 12.1 Å². The molecule has 0 spiro atoms. The van der Waals surface area contributed by atoms with Gasteiger partial charge in [-0.2, -0.15) is 0 Å². The molecule has 4 saturated carbocycles. The van der Waals surface area contributed by atoms with E-state index in [1.807, 2.05) is 0 Å². The number of esters is 1. The minimum atomic E-state index is -0.0999. The Hall–Kier alpha value is -0.790. The monoisotopic (exact) mass is 344 g/mol. The zero-order valence-electron chi connectivity index (χ0n) is 16.4. The summed E-state index contributed by atoms with van der Waals surface area (Å²) in [6.07, 6.45) is 14.2. The van der Waals surface area contributed by atoms with Crippen LogP contribution in [0, 0.1) is 40.4 Å². The molecule has 4 rings (SSSR count). The average molecular weight is 345 g/mol. The number of rotatable bonds is 2. The maximum Gasteiger partial charge on any atom is 0.302 e. The summed E-state index contributed by atoms with van der Waals surface area (Å²) in [7, 11) is 0. The Labute approximate surface area is 153 Å². The molecular weight excluding hydrogens is 308 g/mol. The number of allylic oxidation sites excluding steroid dienone is 1. The molecule has 140 valence electrons. The molecule has 0 radical (unpaired) electrons. The lowest BCUT2D eigenvalue weighted by atomic mass is 9.44. The first-order valence-corrected chi connectivity index (χ1v) is 10.7. The molecule has 2 heteroatoms. The highest BCUT2D eigenvalue weighted by Crippen LogP contribution is 2.67. The van der Waals surface area contributed by atoms with Gasteiger partial charge in [-0.1, -0.05) is 19.9 Å². The van der Waals surface area contributed by atoms with Gasteiger partial charge < -0.3 is 4.74 Å². The van der Waals surface area contributed by atoms with Crippen LogP contribution in [0.5, 0.6) is 0 Å². The van der Waals surface area contributed by atoms with Gasteiger partial charge in [0.1, 0.15) is 6.10 Å². The van der Waals surface area contributed by atoms with Crippen LogP contribution in [0.3, 0.4) is 0 Å². The van der Waals surface area contributed by atoms with Crippen molar-refractivity contribution in [3.05, 3.63) is 12.7 Å². The zero-order chi connectivity index (χ0) is 17.8. The molecular formula is C23H36O2. The molecule has 0 N–H and O–H groups in total. The van der Waals surface area contributed by atoms with Gasteiger partial charge >= 0.3 is 5.97 Å². The predicted molar refractivity (Wildman–Crippen MR) is 101 cm³/mol. The van der Waals surface area contributed by atoms with Crippen LogP contribution in [0.1, 0.15) is 78.6 Å². The number of carbonyl (C=O) groups excluding carboxylic acids is 1. The van der Waals surface area contributed by atoms with Crippen LogP contribution in [-0.4, -0.2) is 12.1 Å². The van der Waals surface area contributed by atoms with Crippen LogP contribution in [-0.2, 0) is 9.53 Å². The van der Waals surface area contributed by atoms with Gasteiger partial charge in [-0.25, -0.2) is 0 Å². The first kappa shape index (κ1) is 17.6. The van der Waals surface area contributed by atoms with Crippen LogP contribution >= 0.6 is 0 Å². The fraction of sp³-hybridized carbons (Fsp3) is 0.870. The third-order valence-corrected chi connectivity index (χ3v) is 9.31. The molecule has 0 heterocycles. The van der Waals surface area contributed by atoms with Gasteiger partial charge in [-0.15, -0.1) is 6.58 Å². The minimum Gasteiger partial charge on any atom is -0.463 e. The quantitative estimate of drug-likeness (QED) is 0.470. The second kappa shape index (κ2) is 6.13. The van der Waals surface area contributed by atoms with Crippen molar-refractivity contribution < 1.29 is 9.53 Å². The fourth-order valence-electron chi connectivity index (χ4n) is 7.99. The van der Waals surface area contributed by atoms with E-state index in [1.54, 1.807) is 6.92 Å². The highest BCUT2D eigenvalue weighted by Gasteiger charge is 2.59. The number of hydrogen-bond donors (Lipinski definition) is 0. The molecule has 4 aliphatic rings. The second-order valence-electron chi connectivity index (χ2n) is 10.1. The minimum absolute atomic E-state index is 0.0999. The highest BCUT2D eigenvalue weighted by molar-refractivity contribution is 5.66. The van der Waals surface area contributed by atoms with E-state index in [0.717, 1.165) is 42.4 Å². The van der Waals surface area contributed by atoms with E-state index in [0.29, 0.717) is 10.8 Å². The highest BCUT2D eigenvalue weighted by atomic mass is 16.5. The fourth-order valence-corrected chi connectivity index (χ4v) is 7.99. The Balaban J connectivity index is 1.53. The summed E-state index contributed by atoms with van der Waals surface area (Å²) in [5.41, 5.74) is 0.994. The van der Waals surface area contributed by atoms with Crippen molar-refractivity contribution in [1.29, 1.82) is 0 Å². The van der Waals surface area contributed by atoms with Gasteiger partial charge in [0.05, 0.1) is 0 Å². The van der Waals surface area contributed by atoms with Gasteiger partial charge in [-0.05, 0) is 98.2 Å². The standard InChI is InChI=1S/C23H36O2/c1-5-16-7-9-20-19-8-6-17-14-18(25-15(2)24)10-12-23(17,4)21(19)11-13-22(16,20)3/h5,16-21H,1,6-14H2,2-4H3/t16-,17?,18+,19?,20?,21?,22+,23-/m0/s1. The van der Waals surface area contributed by atoms with Crippen LogP contribution < -0.4 is 0 Å². The van der Waals surface area contributed by atoms with Crippen LogP contribution in [0.15, 0.2) is 12.7 Å². The summed E-state index contributed by atoms with van der Waals surface area (Å²) < 4.78 is 5.59. The van der Waals surface area contributed by atoms with Gasteiger partial charge in [-0.3, -0.25) is 4.79 Å². The third-order valence-electron chi connectivity index (χ3n) is 9.31. The smallest absolute Gasteiger partial charge is 0.302 e. The Morgan fingerprint density at radius 2 is 1.72 bits per heavy atom. The van der Waals surface area contributed by atoms with Gasteiger partial charge in [0.15, 0.2) is 0 Å². The van der Waals surface area contributed by atoms with Crippen molar-refractivity contribution in [2.75, 3.05) is 0 Å². The van der Waals surface area contributed by atoms with Crippen LogP contribution in [0.25, 0.3) is 0 Å². The maximum absolute atomic E-state index is 11.4. The molecule has 0 amide bonds.